The molecule has 0 spiro atoms. The fourth-order valence-corrected chi connectivity index (χ4v) is 3.10. The van der Waals surface area contributed by atoms with Crippen LogP contribution in [0.3, 0.4) is 0 Å². The highest BCUT2D eigenvalue weighted by molar-refractivity contribution is 7.14. The van der Waals surface area contributed by atoms with Crippen LogP contribution in [-0.4, -0.2) is 37.4 Å². The quantitative estimate of drug-likeness (QED) is 0.899. The number of nitrogens with one attached hydrogen (secondary N) is 1. The second-order valence-electron chi connectivity index (χ2n) is 4.75. The number of aryl methyl sites for hydroxylation is 2. The molecule has 0 saturated heterocycles. The smallest absolute Gasteiger partial charge is 0.263 e. The van der Waals surface area contributed by atoms with Gasteiger partial charge in [-0.15, -0.1) is 11.3 Å². The third-order valence-corrected chi connectivity index (χ3v) is 4.28. The summed E-state index contributed by atoms with van der Waals surface area (Å²) >= 11 is 1.52. The Morgan fingerprint density at radius 1 is 1.47 bits per heavy atom. The van der Waals surface area contributed by atoms with Crippen LogP contribution in [0.2, 0.25) is 0 Å². The predicted molar refractivity (Wildman–Crippen MR) is 78.6 cm³/mol. The zero-order chi connectivity index (χ0) is 14.6. The Morgan fingerprint density at radius 3 is 2.58 bits per heavy atom. The summed E-state index contributed by atoms with van der Waals surface area (Å²) in [5.74, 6) is -0.259. The number of hydrogen-bond acceptors (Lipinski definition) is 3. The lowest BCUT2D eigenvalue weighted by Gasteiger charge is -2.20. The first-order valence-corrected chi connectivity index (χ1v) is 7.28. The highest BCUT2D eigenvalue weighted by Gasteiger charge is 2.20. The fraction of sp³-hybridized carbons (Fsp3) is 0.571. The topological polar surface area (TPSA) is 49.4 Å². The van der Waals surface area contributed by atoms with Crippen molar-refractivity contribution in [1.29, 1.82) is 0 Å². The van der Waals surface area contributed by atoms with E-state index in [0.29, 0.717) is 6.54 Å². The molecule has 0 bridgehead atoms. The van der Waals surface area contributed by atoms with Gasteiger partial charge < -0.3 is 10.2 Å². The molecule has 1 aromatic heterocycles. The standard InChI is InChI=1S/C14H22N2O2S/c1-6-11-7-12(19-10(11)3)14(18)16(5)8-9(2)13(17)15-4/h7,9H,6,8H2,1-5H3,(H,15,17)/t9-/m0/s1. The van der Waals surface area contributed by atoms with E-state index in [0.717, 1.165) is 11.3 Å². The van der Waals surface area contributed by atoms with E-state index in [9.17, 15) is 9.59 Å². The molecule has 5 heteroatoms. The number of rotatable bonds is 5. The van der Waals surface area contributed by atoms with Crippen LogP contribution in [-0.2, 0) is 11.2 Å². The van der Waals surface area contributed by atoms with Gasteiger partial charge in [0.05, 0.1) is 10.8 Å². The average Bonchev–Trinajstić information content (AvgIpc) is 2.77. The first-order valence-electron chi connectivity index (χ1n) is 6.47. The van der Waals surface area contributed by atoms with Crippen molar-refractivity contribution < 1.29 is 9.59 Å². The molecule has 0 aliphatic heterocycles. The molecule has 0 fully saturated rings. The van der Waals surface area contributed by atoms with Crippen LogP contribution >= 0.6 is 11.3 Å². The molecule has 0 aliphatic carbocycles. The molecule has 1 atom stereocenters. The monoisotopic (exact) mass is 282 g/mol. The predicted octanol–water partition coefficient (Wildman–Crippen LogP) is 2.07. The molecule has 0 aliphatic rings. The van der Waals surface area contributed by atoms with Crippen LogP contribution < -0.4 is 5.32 Å². The Bertz CT molecular complexity index is 468. The van der Waals surface area contributed by atoms with Crippen molar-refractivity contribution in [3.8, 4) is 0 Å². The van der Waals surface area contributed by atoms with Crippen LogP contribution in [0.1, 0.15) is 34.0 Å². The minimum absolute atomic E-state index is 0.0106. The molecule has 0 aromatic carbocycles. The Hall–Kier alpha value is -1.36. The van der Waals surface area contributed by atoms with Crippen molar-refractivity contribution in [3.05, 3.63) is 21.4 Å². The van der Waals surface area contributed by atoms with Crippen LogP contribution in [0.25, 0.3) is 0 Å². The van der Waals surface area contributed by atoms with Gasteiger partial charge in [0, 0.05) is 25.5 Å². The summed E-state index contributed by atoms with van der Waals surface area (Å²) in [6, 6.07) is 1.96. The van der Waals surface area contributed by atoms with Gasteiger partial charge in [-0.05, 0) is 25.0 Å². The summed E-state index contributed by atoms with van der Waals surface area (Å²) in [6.45, 7) is 6.37. The number of nitrogens with zero attached hydrogens (tertiary/aromatic N) is 1. The number of thiophene rings is 1. The Balaban J connectivity index is 2.73. The molecule has 1 N–H and O–H groups in total. The second-order valence-corrected chi connectivity index (χ2v) is 6.00. The van der Waals surface area contributed by atoms with Gasteiger partial charge in [-0.1, -0.05) is 13.8 Å². The first kappa shape index (κ1) is 15.7. The van der Waals surface area contributed by atoms with Crippen molar-refractivity contribution in [2.75, 3.05) is 20.6 Å². The van der Waals surface area contributed by atoms with Gasteiger partial charge in [0.15, 0.2) is 0 Å². The van der Waals surface area contributed by atoms with E-state index >= 15 is 0 Å². The summed E-state index contributed by atoms with van der Waals surface area (Å²) in [5, 5.41) is 2.60. The van der Waals surface area contributed by atoms with Crippen molar-refractivity contribution in [2.24, 2.45) is 5.92 Å². The van der Waals surface area contributed by atoms with Crippen molar-refractivity contribution in [3.63, 3.8) is 0 Å². The number of amides is 2. The third-order valence-electron chi connectivity index (χ3n) is 3.20. The van der Waals surface area contributed by atoms with E-state index in [4.69, 9.17) is 0 Å². The normalized spacial score (nSPS) is 12.1. The van der Waals surface area contributed by atoms with Crippen LogP contribution in [0.15, 0.2) is 6.07 Å². The molecular weight excluding hydrogens is 260 g/mol. The molecule has 1 rings (SSSR count). The zero-order valence-electron chi connectivity index (χ0n) is 12.2. The van der Waals surface area contributed by atoms with E-state index in [1.54, 1.807) is 19.0 Å². The molecule has 0 saturated carbocycles. The van der Waals surface area contributed by atoms with Gasteiger partial charge in [0.2, 0.25) is 5.91 Å². The van der Waals surface area contributed by atoms with E-state index in [2.05, 4.69) is 12.2 Å². The maximum absolute atomic E-state index is 12.3. The lowest BCUT2D eigenvalue weighted by Crippen LogP contribution is -2.37. The third kappa shape index (κ3) is 3.80. The number of hydrogen-bond donors (Lipinski definition) is 1. The summed E-state index contributed by atoms with van der Waals surface area (Å²) in [5.41, 5.74) is 1.22. The van der Waals surface area contributed by atoms with Gasteiger partial charge >= 0.3 is 0 Å². The molecule has 0 radical (unpaired) electrons. The number of carbonyl (C=O) groups is 2. The van der Waals surface area contributed by atoms with E-state index in [1.807, 2.05) is 19.9 Å². The minimum atomic E-state index is -0.203. The molecule has 19 heavy (non-hydrogen) atoms. The highest BCUT2D eigenvalue weighted by atomic mass is 32.1. The summed E-state index contributed by atoms with van der Waals surface area (Å²) in [7, 11) is 3.35. The van der Waals surface area contributed by atoms with Crippen LogP contribution in [0.5, 0.6) is 0 Å². The van der Waals surface area contributed by atoms with Gasteiger partial charge in [-0.2, -0.15) is 0 Å². The Labute approximate surface area is 118 Å². The maximum atomic E-state index is 12.3. The SMILES string of the molecule is CCc1cc(C(=O)N(C)C[C@H](C)C(=O)NC)sc1C. The Morgan fingerprint density at radius 2 is 2.11 bits per heavy atom. The molecule has 0 unspecified atom stereocenters. The zero-order valence-corrected chi connectivity index (χ0v) is 13.1. The molecule has 1 heterocycles. The molecule has 2 amide bonds. The number of carbonyl (C=O) groups excluding carboxylic acids is 2. The Kier molecular flexibility index (Phi) is 5.54. The second kappa shape index (κ2) is 6.70. The summed E-state index contributed by atoms with van der Waals surface area (Å²) < 4.78 is 0. The molecule has 4 nitrogen and oxygen atoms in total. The lowest BCUT2D eigenvalue weighted by molar-refractivity contribution is -0.124. The fourth-order valence-electron chi connectivity index (χ4n) is 1.99. The van der Waals surface area contributed by atoms with Crippen molar-refractivity contribution >= 4 is 23.2 Å². The van der Waals surface area contributed by atoms with E-state index in [1.165, 1.54) is 21.8 Å². The van der Waals surface area contributed by atoms with Crippen LogP contribution in [0, 0.1) is 12.8 Å². The molecular formula is C14H22N2O2S. The van der Waals surface area contributed by atoms with Crippen molar-refractivity contribution in [2.45, 2.75) is 27.2 Å². The summed E-state index contributed by atoms with van der Waals surface area (Å²) in [6.07, 6.45) is 0.938. The van der Waals surface area contributed by atoms with Gasteiger partial charge in [-0.25, -0.2) is 0 Å². The lowest BCUT2D eigenvalue weighted by atomic mass is 10.1. The largest absolute Gasteiger partial charge is 0.359 e. The van der Waals surface area contributed by atoms with E-state index in [-0.39, 0.29) is 17.7 Å². The highest BCUT2D eigenvalue weighted by Crippen LogP contribution is 2.23. The molecule has 106 valence electrons. The summed E-state index contributed by atoms with van der Waals surface area (Å²) in [4.78, 5) is 27.3. The van der Waals surface area contributed by atoms with Crippen molar-refractivity contribution in [1.82, 2.24) is 10.2 Å². The maximum Gasteiger partial charge on any atom is 0.263 e. The molecule has 1 aromatic rings. The van der Waals surface area contributed by atoms with Gasteiger partial charge in [-0.3, -0.25) is 9.59 Å². The van der Waals surface area contributed by atoms with E-state index < -0.39 is 0 Å². The van der Waals surface area contributed by atoms with Gasteiger partial charge in [0.1, 0.15) is 0 Å². The average molecular weight is 282 g/mol. The first-order chi connectivity index (χ1) is 8.90. The minimum Gasteiger partial charge on any atom is -0.359 e. The van der Waals surface area contributed by atoms with Crippen LogP contribution in [0.4, 0.5) is 0 Å². The van der Waals surface area contributed by atoms with Gasteiger partial charge in [0.25, 0.3) is 5.91 Å².